The number of thioether (sulfide) groups is 1. The quantitative estimate of drug-likeness (QED) is 0.357. The van der Waals surface area contributed by atoms with Crippen LogP contribution in [0.4, 0.5) is 11.4 Å². The number of hydrogen-bond acceptors (Lipinski definition) is 5. The molecule has 0 saturated carbocycles. The smallest absolute Gasteiger partial charge is 0.255 e. The van der Waals surface area contributed by atoms with Gasteiger partial charge in [-0.05, 0) is 66.4 Å². The Morgan fingerprint density at radius 2 is 1.46 bits per heavy atom. The van der Waals surface area contributed by atoms with Gasteiger partial charge < -0.3 is 20.1 Å². The predicted molar refractivity (Wildman–Crippen MR) is 143 cm³/mol. The molecule has 0 aromatic heterocycles. The molecule has 0 saturated heterocycles. The molecule has 0 aliphatic heterocycles. The van der Waals surface area contributed by atoms with E-state index in [1.165, 1.54) is 17.3 Å². The SMILES string of the molecule is COc1ccc(SC(C)C(=O)Nc2cccc(NC(=O)c3ccc(C(C)(C)C)cc3)c2)cc1OC. The van der Waals surface area contributed by atoms with Gasteiger partial charge in [0.15, 0.2) is 11.5 Å². The average Bonchev–Trinajstić information content (AvgIpc) is 2.83. The summed E-state index contributed by atoms with van der Waals surface area (Å²) in [4.78, 5) is 26.4. The van der Waals surface area contributed by atoms with Crippen molar-refractivity contribution in [3.63, 3.8) is 0 Å². The second-order valence-corrected chi connectivity index (χ2v) is 10.5. The lowest BCUT2D eigenvalue weighted by molar-refractivity contribution is -0.115. The molecule has 3 aromatic rings. The maximum atomic E-state index is 12.8. The van der Waals surface area contributed by atoms with Crippen molar-refractivity contribution in [2.75, 3.05) is 24.9 Å². The van der Waals surface area contributed by atoms with E-state index in [1.807, 2.05) is 49.4 Å². The van der Waals surface area contributed by atoms with Crippen LogP contribution in [0.3, 0.4) is 0 Å². The van der Waals surface area contributed by atoms with Gasteiger partial charge in [0.25, 0.3) is 5.91 Å². The number of amides is 2. The minimum atomic E-state index is -0.354. The van der Waals surface area contributed by atoms with E-state index in [4.69, 9.17) is 9.47 Å². The lowest BCUT2D eigenvalue weighted by atomic mass is 9.87. The highest BCUT2D eigenvalue weighted by atomic mass is 32.2. The van der Waals surface area contributed by atoms with Gasteiger partial charge >= 0.3 is 0 Å². The minimum Gasteiger partial charge on any atom is -0.493 e. The van der Waals surface area contributed by atoms with E-state index in [1.54, 1.807) is 38.5 Å². The van der Waals surface area contributed by atoms with Crippen molar-refractivity contribution < 1.29 is 19.1 Å². The molecule has 0 heterocycles. The Hall–Kier alpha value is -3.45. The van der Waals surface area contributed by atoms with Crippen molar-refractivity contribution in [2.24, 2.45) is 0 Å². The molecule has 0 bridgehead atoms. The van der Waals surface area contributed by atoms with Gasteiger partial charge in [-0.3, -0.25) is 9.59 Å². The molecule has 0 spiro atoms. The number of nitrogens with one attached hydrogen (secondary N) is 2. The summed E-state index contributed by atoms with van der Waals surface area (Å²) in [5.74, 6) is 0.900. The molecule has 184 valence electrons. The first-order valence-electron chi connectivity index (χ1n) is 11.3. The zero-order chi connectivity index (χ0) is 25.6. The van der Waals surface area contributed by atoms with E-state index in [0.29, 0.717) is 28.4 Å². The van der Waals surface area contributed by atoms with Gasteiger partial charge in [0.05, 0.1) is 19.5 Å². The summed E-state index contributed by atoms with van der Waals surface area (Å²) in [5, 5.41) is 5.47. The summed E-state index contributed by atoms with van der Waals surface area (Å²) < 4.78 is 10.6. The fourth-order valence-corrected chi connectivity index (χ4v) is 4.29. The normalized spacial score (nSPS) is 11.9. The molecule has 2 amide bonds. The third-order valence-corrected chi connectivity index (χ3v) is 6.53. The Bertz CT molecular complexity index is 1190. The third-order valence-electron chi connectivity index (χ3n) is 5.44. The standard InChI is InChI=1S/C28H32N2O4S/c1-18(35-23-14-15-24(33-5)25(17-23)34-6)26(31)29-21-8-7-9-22(16-21)30-27(32)19-10-12-20(13-11-19)28(2,3)4/h7-18H,1-6H3,(H,29,31)(H,30,32). The van der Waals surface area contributed by atoms with Crippen LogP contribution >= 0.6 is 11.8 Å². The van der Waals surface area contributed by atoms with Gasteiger partial charge in [-0.25, -0.2) is 0 Å². The molecular formula is C28H32N2O4S. The van der Waals surface area contributed by atoms with Crippen LogP contribution in [0.2, 0.25) is 0 Å². The lowest BCUT2D eigenvalue weighted by Gasteiger charge is -2.19. The Morgan fingerprint density at radius 1 is 0.829 bits per heavy atom. The van der Waals surface area contributed by atoms with Crippen LogP contribution in [0.5, 0.6) is 11.5 Å². The molecule has 1 unspecified atom stereocenters. The van der Waals surface area contributed by atoms with Crippen molar-refractivity contribution in [1.82, 2.24) is 0 Å². The van der Waals surface area contributed by atoms with Crippen LogP contribution < -0.4 is 20.1 Å². The molecule has 0 radical (unpaired) electrons. The number of ether oxygens (including phenoxy) is 2. The van der Waals surface area contributed by atoms with E-state index in [-0.39, 0.29) is 22.5 Å². The number of benzene rings is 3. The van der Waals surface area contributed by atoms with E-state index in [9.17, 15) is 9.59 Å². The number of hydrogen-bond donors (Lipinski definition) is 2. The van der Waals surface area contributed by atoms with E-state index in [0.717, 1.165) is 4.90 Å². The topological polar surface area (TPSA) is 76.7 Å². The summed E-state index contributed by atoms with van der Waals surface area (Å²) in [5.41, 5.74) is 2.98. The molecule has 0 aliphatic carbocycles. The van der Waals surface area contributed by atoms with Crippen LogP contribution in [0.1, 0.15) is 43.6 Å². The van der Waals surface area contributed by atoms with Gasteiger partial charge in [0.1, 0.15) is 0 Å². The van der Waals surface area contributed by atoms with Crippen molar-refractivity contribution in [3.05, 3.63) is 77.9 Å². The van der Waals surface area contributed by atoms with E-state index in [2.05, 4.69) is 31.4 Å². The third kappa shape index (κ3) is 7.02. The summed E-state index contributed by atoms with van der Waals surface area (Å²) >= 11 is 1.42. The van der Waals surface area contributed by atoms with Crippen LogP contribution in [0.25, 0.3) is 0 Å². The van der Waals surface area contributed by atoms with Gasteiger partial charge in [-0.1, -0.05) is 39.0 Å². The monoisotopic (exact) mass is 492 g/mol. The molecule has 3 aromatic carbocycles. The number of rotatable bonds is 8. The molecule has 1 atom stereocenters. The van der Waals surface area contributed by atoms with E-state index >= 15 is 0 Å². The lowest BCUT2D eigenvalue weighted by Crippen LogP contribution is -2.22. The van der Waals surface area contributed by atoms with E-state index < -0.39 is 0 Å². The molecular weight excluding hydrogens is 460 g/mol. The Balaban J connectivity index is 1.62. The highest BCUT2D eigenvalue weighted by molar-refractivity contribution is 8.00. The molecule has 7 heteroatoms. The second-order valence-electron chi connectivity index (χ2n) is 9.13. The van der Waals surface area contributed by atoms with Crippen LogP contribution in [0, 0.1) is 0 Å². The highest BCUT2D eigenvalue weighted by Gasteiger charge is 2.17. The second kappa shape index (κ2) is 11.3. The maximum absolute atomic E-state index is 12.8. The minimum absolute atomic E-state index is 0.0242. The number of carbonyl (C=O) groups is 2. The zero-order valence-electron chi connectivity index (χ0n) is 21.0. The average molecular weight is 493 g/mol. The first-order chi connectivity index (χ1) is 16.6. The maximum Gasteiger partial charge on any atom is 0.255 e. The fraction of sp³-hybridized carbons (Fsp3) is 0.286. The number of anilines is 2. The summed E-state index contributed by atoms with van der Waals surface area (Å²) in [6.45, 7) is 8.24. The van der Waals surface area contributed by atoms with Crippen molar-refractivity contribution in [3.8, 4) is 11.5 Å². The highest BCUT2D eigenvalue weighted by Crippen LogP contribution is 2.34. The predicted octanol–water partition coefficient (Wildman–Crippen LogP) is 6.37. The fourth-order valence-electron chi connectivity index (χ4n) is 3.39. The zero-order valence-corrected chi connectivity index (χ0v) is 21.8. The summed E-state index contributed by atoms with van der Waals surface area (Å²) in [6, 6.07) is 20.3. The van der Waals surface area contributed by atoms with Gasteiger partial charge in [-0.2, -0.15) is 0 Å². The molecule has 35 heavy (non-hydrogen) atoms. The van der Waals surface area contributed by atoms with Crippen LogP contribution in [0.15, 0.2) is 71.6 Å². The summed E-state index contributed by atoms with van der Waals surface area (Å²) in [6.07, 6.45) is 0. The first-order valence-corrected chi connectivity index (χ1v) is 12.2. The molecule has 6 nitrogen and oxygen atoms in total. The van der Waals surface area contributed by atoms with Crippen molar-refractivity contribution >= 4 is 35.0 Å². The Labute approximate surface area is 211 Å². The van der Waals surface area contributed by atoms with Crippen molar-refractivity contribution in [2.45, 2.75) is 43.3 Å². The molecule has 2 N–H and O–H groups in total. The van der Waals surface area contributed by atoms with Gasteiger partial charge in [0.2, 0.25) is 5.91 Å². The summed E-state index contributed by atoms with van der Waals surface area (Å²) in [7, 11) is 3.16. The van der Waals surface area contributed by atoms with Crippen molar-refractivity contribution in [1.29, 1.82) is 0 Å². The molecule has 3 rings (SSSR count). The number of methoxy groups -OCH3 is 2. The van der Waals surface area contributed by atoms with Crippen LogP contribution in [-0.4, -0.2) is 31.3 Å². The first kappa shape index (κ1) is 26.2. The molecule has 0 aliphatic rings. The van der Waals surface area contributed by atoms with Gasteiger partial charge in [-0.15, -0.1) is 11.8 Å². The largest absolute Gasteiger partial charge is 0.493 e. The Morgan fingerprint density at radius 3 is 2.06 bits per heavy atom. The van der Waals surface area contributed by atoms with Crippen LogP contribution in [-0.2, 0) is 10.2 Å². The van der Waals surface area contributed by atoms with Gasteiger partial charge in [0, 0.05) is 21.8 Å². The number of carbonyl (C=O) groups excluding carboxylic acids is 2. The molecule has 0 fully saturated rings. The Kier molecular flexibility index (Phi) is 8.46.